The van der Waals surface area contributed by atoms with Crippen molar-refractivity contribution >= 4 is 17.7 Å². The van der Waals surface area contributed by atoms with Gasteiger partial charge in [0.2, 0.25) is 0 Å². The summed E-state index contributed by atoms with van der Waals surface area (Å²) in [6.45, 7) is 4.33. The minimum atomic E-state index is -0.182. The van der Waals surface area contributed by atoms with Crippen LogP contribution in [-0.2, 0) is 9.53 Å². The van der Waals surface area contributed by atoms with Gasteiger partial charge in [-0.15, -0.1) is 0 Å². The molecule has 78 valence electrons. The molecule has 0 aromatic carbocycles. The van der Waals surface area contributed by atoms with Crippen LogP contribution >= 0.6 is 11.8 Å². The first-order chi connectivity index (χ1) is 6.11. The Hall–Kier alpha value is -0.220. The average molecular weight is 205 g/mol. The van der Waals surface area contributed by atoms with Crippen LogP contribution in [0.3, 0.4) is 0 Å². The molecule has 0 aromatic rings. The number of thioether (sulfide) groups is 1. The number of esters is 1. The standard InChI is InChI=1S/C9H19NO2S/c1-7(2)5-13-6-8(10-3)9(11)12-4/h7-8,10H,5-6H2,1-4H3. The van der Waals surface area contributed by atoms with E-state index in [1.54, 1.807) is 18.8 Å². The van der Waals surface area contributed by atoms with Gasteiger partial charge in [-0.05, 0) is 18.7 Å². The first-order valence-corrected chi connectivity index (χ1v) is 5.60. The number of carbonyl (C=O) groups excluding carboxylic acids is 1. The van der Waals surface area contributed by atoms with Crippen molar-refractivity contribution in [3.8, 4) is 0 Å². The predicted octanol–water partition coefficient (Wildman–Crippen LogP) is 1.14. The van der Waals surface area contributed by atoms with Gasteiger partial charge in [0, 0.05) is 5.75 Å². The molecule has 13 heavy (non-hydrogen) atoms. The number of ether oxygens (including phenoxy) is 1. The van der Waals surface area contributed by atoms with E-state index in [0.29, 0.717) is 5.92 Å². The molecule has 0 aliphatic rings. The van der Waals surface area contributed by atoms with Gasteiger partial charge in [0.25, 0.3) is 0 Å². The third-order valence-corrected chi connectivity index (χ3v) is 3.04. The first kappa shape index (κ1) is 12.8. The molecule has 0 heterocycles. The zero-order valence-electron chi connectivity index (χ0n) is 8.79. The second-order valence-electron chi connectivity index (χ2n) is 3.30. The molecule has 0 saturated heterocycles. The lowest BCUT2D eigenvalue weighted by atomic mass is 10.3. The largest absolute Gasteiger partial charge is 0.468 e. The van der Waals surface area contributed by atoms with E-state index in [1.165, 1.54) is 7.11 Å². The number of hydrogen-bond donors (Lipinski definition) is 1. The summed E-state index contributed by atoms with van der Waals surface area (Å²) in [6.07, 6.45) is 0. The van der Waals surface area contributed by atoms with Crippen LogP contribution in [0.1, 0.15) is 13.8 Å². The first-order valence-electron chi connectivity index (χ1n) is 4.44. The third kappa shape index (κ3) is 5.93. The van der Waals surface area contributed by atoms with E-state index in [1.807, 2.05) is 0 Å². The molecule has 0 fully saturated rings. The molecule has 0 radical (unpaired) electrons. The molecule has 0 saturated carbocycles. The van der Waals surface area contributed by atoms with Crippen LogP contribution in [-0.4, -0.2) is 37.7 Å². The van der Waals surface area contributed by atoms with Gasteiger partial charge in [0.15, 0.2) is 0 Å². The Morgan fingerprint density at radius 3 is 2.46 bits per heavy atom. The van der Waals surface area contributed by atoms with Crippen LogP contribution in [0.4, 0.5) is 0 Å². The minimum Gasteiger partial charge on any atom is -0.468 e. The summed E-state index contributed by atoms with van der Waals surface area (Å²) in [5.41, 5.74) is 0. The SMILES string of the molecule is CNC(CSCC(C)C)C(=O)OC. The molecule has 0 aliphatic heterocycles. The molecular formula is C9H19NO2S. The number of nitrogens with one attached hydrogen (secondary N) is 1. The van der Waals surface area contributed by atoms with Gasteiger partial charge < -0.3 is 10.1 Å². The normalized spacial score (nSPS) is 13.0. The summed E-state index contributed by atoms with van der Waals surface area (Å²) in [5, 5.41) is 2.93. The summed E-state index contributed by atoms with van der Waals surface area (Å²) in [6, 6.07) is -0.172. The highest BCUT2D eigenvalue weighted by Crippen LogP contribution is 2.09. The smallest absolute Gasteiger partial charge is 0.323 e. The zero-order valence-corrected chi connectivity index (χ0v) is 9.61. The van der Waals surface area contributed by atoms with Gasteiger partial charge in [-0.1, -0.05) is 13.8 Å². The van der Waals surface area contributed by atoms with E-state index in [9.17, 15) is 4.79 Å². The molecule has 0 bridgehead atoms. The summed E-state index contributed by atoms with van der Waals surface area (Å²) in [7, 11) is 3.19. The fourth-order valence-electron chi connectivity index (χ4n) is 0.833. The average Bonchev–Trinajstić information content (AvgIpc) is 2.11. The quantitative estimate of drug-likeness (QED) is 0.660. The Balaban J connectivity index is 3.66. The Kier molecular flexibility index (Phi) is 7.09. The molecule has 0 rings (SSSR count). The van der Waals surface area contributed by atoms with Crippen molar-refractivity contribution < 1.29 is 9.53 Å². The van der Waals surface area contributed by atoms with E-state index >= 15 is 0 Å². The summed E-state index contributed by atoms with van der Waals surface area (Å²) < 4.78 is 4.65. The Labute approximate surface area is 84.6 Å². The molecule has 3 nitrogen and oxygen atoms in total. The maximum atomic E-state index is 11.1. The maximum Gasteiger partial charge on any atom is 0.323 e. The van der Waals surface area contributed by atoms with E-state index < -0.39 is 0 Å². The summed E-state index contributed by atoms with van der Waals surface area (Å²) >= 11 is 1.77. The lowest BCUT2D eigenvalue weighted by molar-refractivity contribution is -0.142. The second-order valence-corrected chi connectivity index (χ2v) is 4.37. The van der Waals surface area contributed by atoms with Crippen LogP contribution in [0.15, 0.2) is 0 Å². The number of hydrogen-bond acceptors (Lipinski definition) is 4. The molecule has 1 N–H and O–H groups in total. The van der Waals surface area contributed by atoms with Crippen molar-refractivity contribution in [3.05, 3.63) is 0 Å². The molecule has 0 amide bonds. The highest BCUT2D eigenvalue weighted by molar-refractivity contribution is 7.99. The third-order valence-electron chi connectivity index (χ3n) is 1.57. The van der Waals surface area contributed by atoms with Crippen LogP contribution in [0.2, 0.25) is 0 Å². The van der Waals surface area contributed by atoms with Crippen molar-refractivity contribution in [1.29, 1.82) is 0 Å². The van der Waals surface area contributed by atoms with Crippen molar-refractivity contribution in [2.45, 2.75) is 19.9 Å². The minimum absolute atomic E-state index is 0.172. The molecule has 0 spiro atoms. The number of carbonyl (C=O) groups is 1. The van der Waals surface area contributed by atoms with E-state index in [4.69, 9.17) is 0 Å². The fourth-order valence-corrected chi connectivity index (χ4v) is 1.98. The number of rotatable bonds is 6. The summed E-state index contributed by atoms with van der Waals surface area (Å²) in [5.74, 6) is 2.34. The monoisotopic (exact) mass is 205 g/mol. The molecule has 0 aromatic heterocycles. The second kappa shape index (κ2) is 7.21. The Bertz CT molecular complexity index is 151. The van der Waals surface area contributed by atoms with Crippen molar-refractivity contribution in [3.63, 3.8) is 0 Å². The Morgan fingerprint density at radius 2 is 2.08 bits per heavy atom. The lowest BCUT2D eigenvalue weighted by Crippen LogP contribution is -2.37. The fraction of sp³-hybridized carbons (Fsp3) is 0.889. The lowest BCUT2D eigenvalue weighted by Gasteiger charge is -2.13. The molecule has 4 heteroatoms. The van der Waals surface area contributed by atoms with Crippen LogP contribution < -0.4 is 5.32 Å². The van der Waals surface area contributed by atoms with Gasteiger partial charge in [-0.2, -0.15) is 11.8 Å². The van der Waals surface area contributed by atoms with Gasteiger partial charge in [0.1, 0.15) is 6.04 Å². The molecular weight excluding hydrogens is 186 g/mol. The van der Waals surface area contributed by atoms with Crippen LogP contribution in [0.25, 0.3) is 0 Å². The molecule has 1 atom stereocenters. The van der Waals surface area contributed by atoms with Gasteiger partial charge in [0.05, 0.1) is 7.11 Å². The van der Waals surface area contributed by atoms with Gasteiger partial charge >= 0.3 is 5.97 Å². The van der Waals surface area contributed by atoms with Gasteiger partial charge in [-0.25, -0.2) is 0 Å². The van der Waals surface area contributed by atoms with Crippen molar-refractivity contribution in [2.75, 3.05) is 25.7 Å². The highest BCUT2D eigenvalue weighted by atomic mass is 32.2. The van der Waals surface area contributed by atoms with Crippen molar-refractivity contribution in [1.82, 2.24) is 5.32 Å². The topological polar surface area (TPSA) is 38.3 Å². The highest BCUT2D eigenvalue weighted by Gasteiger charge is 2.16. The van der Waals surface area contributed by atoms with Gasteiger partial charge in [-0.3, -0.25) is 4.79 Å². The maximum absolute atomic E-state index is 11.1. The number of methoxy groups -OCH3 is 1. The van der Waals surface area contributed by atoms with Crippen LogP contribution in [0, 0.1) is 5.92 Å². The van der Waals surface area contributed by atoms with Crippen LogP contribution in [0.5, 0.6) is 0 Å². The van der Waals surface area contributed by atoms with E-state index in [2.05, 4.69) is 23.9 Å². The molecule has 1 unspecified atom stereocenters. The zero-order chi connectivity index (χ0) is 10.3. The van der Waals surface area contributed by atoms with E-state index in [0.717, 1.165) is 11.5 Å². The van der Waals surface area contributed by atoms with Crippen molar-refractivity contribution in [2.24, 2.45) is 5.92 Å². The Morgan fingerprint density at radius 1 is 1.46 bits per heavy atom. The predicted molar refractivity (Wildman–Crippen MR) is 57.0 cm³/mol. The number of likely N-dealkylation sites (N-methyl/N-ethyl adjacent to an activating group) is 1. The molecule has 0 aliphatic carbocycles. The van der Waals surface area contributed by atoms with E-state index in [-0.39, 0.29) is 12.0 Å². The summed E-state index contributed by atoms with van der Waals surface area (Å²) in [4.78, 5) is 11.1.